The molecule has 0 saturated heterocycles. The summed E-state index contributed by atoms with van der Waals surface area (Å²) in [5, 5.41) is 0. The lowest BCUT2D eigenvalue weighted by molar-refractivity contribution is 0.600. The van der Waals surface area contributed by atoms with Crippen molar-refractivity contribution in [2.45, 2.75) is 11.8 Å². The fourth-order valence-corrected chi connectivity index (χ4v) is 4.65. The van der Waals surface area contributed by atoms with E-state index in [-0.39, 0.29) is 4.90 Å². The molecule has 0 radical (unpaired) electrons. The second-order valence-electron chi connectivity index (χ2n) is 4.14. The van der Waals surface area contributed by atoms with Crippen molar-refractivity contribution >= 4 is 63.5 Å². The Morgan fingerprint density at radius 2 is 1.65 bits per heavy atom. The Morgan fingerprint density at radius 1 is 0.950 bits per heavy atom. The smallest absolute Gasteiger partial charge is 0.263 e. The van der Waals surface area contributed by atoms with Crippen molar-refractivity contribution < 1.29 is 8.42 Å². The van der Waals surface area contributed by atoms with Gasteiger partial charge in [0.15, 0.2) is 0 Å². The molecule has 0 aliphatic heterocycles. The van der Waals surface area contributed by atoms with Crippen LogP contribution in [0.1, 0.15) is 5.56 Å². The number of anilines is 1. The fourth-order valence-electron chi connectivity index (χ4n) is 1.61. The molecule has 0 fully saturated rings. The number of rotatable bonds is 3. The molecule has 7 heteroatoms. The molecule has 0 spiro atoms. The highest BCUT2D eigenvalue weighted by Gasteiger charge is 2.18. The summed E-state index contributed by atoms with van der Waals surface area (Å²) in [5.41, 5.74) is 1.49. The van der Waals surface area contributed by atoms with Crippen molar-refractivity contribution in [1.82, 2.24) is 0 Å². The molecular formula is C13H10Br3NO2S. The highest BCUT2D eigenvalue weighted by molar-refractivity contribution is 9.11. The van der Waals surface area contributed by atoms with Gasteiger partial charge in [0, 0.05) is 19.1 Å². The molecule has 0 saturated carbocycles. The number of sulfonamides is 1. The molecule has 0 bridgehead atoms. The van der Waals surface area contributed by atoms with Gasteiger partial charge in [-0.05, 0) is 64.8 Å². The Kier molecular flexibility index (Phi) is 4.94. The summed E-state index contributed by atoms with van der Waals surface area (Å²) < 4.78 is 29.5. The summed E-state index contributed by atoms with van der Waals surface area (Å²) in [6.07, 6.45) is 0. The first kappa shape index (κ1) is 16.0. The second kappa shape index (κ2) is 6.17. The van der Waals surface area contributed by atoms with Crippen LogP contribution in [0.3, 0.4) is 0 Å². The summed E-state index contributed by atoms with van der Waals surface area (Å²) in [6.45, 7) is 1.90. The van der Waals surface area contributed by atoms with Gasteiger partial charge in [-0.3, -0.25) is 4.72 Å². The van der Waals surface area contributed by atoms with Crippen LogP contribution in [0.15, 0.2) is 54.7 Å². The number of hydrogen-bond donors (Lipinski definition) is 1. The molecule has 0 atom stereocenters. The van der Waals surface area contributed by atoms with E-state index < -0.39 is 10.0 Å². The maximum Gasteiger partial charge on any atom is 0.263 e. The van der Waals surface area contributed by atoms with E-state index in [1.165, 1.54) is 0 Å². The molecule has 2 aromatic rings. The first-order chi connectivity index (χ1) is 9.29. The van der Waals surface area contributed by atoms with E-state index in [2.05, 4.69) is 52.5 Å². The SMILES string of the molecule is Cc1cc(NS(=O)(=O)c2ccc(Br)cc2Br)ccc1Br. The molecule has 20 heavy (non-hydrogen) atoms. The Balaban J connectivity index is 2.38. The van der Waals surface area contributed by atoms with Crippen molar-refractivity contribution in [2.75, 3.05) is 4.72 Å². The van der Waals surface area contributed by atoms with Gasteiger partial charge in [-0.15, -0.1) is 0 Å². The topological polar surface area (TPSA) is 46.2 Å². The van der Waals surface area contributed by atoms with Crippen LogP contribution in [0.2, 0.25) is 0 Å². The molecule has 2 aromatic carbocycles. The summed E-state index contributed by atoms with van der Waals surface area (Å²) in [5.74, 6) is 0. The minimum atomic E-state index is -3.62. The molecule has 0 unspecified atom stereocenters. The van der Waals surface area contributed by atoms with E-state index in [1.807, 2.05) is 13.0 Å². The number of halogens is 3. The standard InChI is InChI=1S/C13H10Br3NO2S/c1-8-6-10(3-4-11(8)15)17-20(18,19)13-5-2-9(14)7-12(13)16/h2-7,17H,1H3. The summed E-state index contributed by atoms with van der Waals surface area (Å²) in [6, 6.07) is 10.2. The minimum absolute atomic E-state index is 0.196. The average Bonchev–Trinajstić information content (AvgIpc) is 2.33. The predicted octanol–water partition coefficient (Wildman–Crippen LogP) is 5.08. The van der Waals surface area contributed by atoms with E-state index in [1.54, 1.807) is 30.3 Å². The predicted molar refractivity (Wildman–Crippen MR) is 91.5 cm³/mol. The highest BCUT2D eigenvalue weighted by atomic mass is 79.9. The van der Waals surface area contributed by atoms with E-state index in [0.29, 0.717) is 10.2 Å². The van der Waals surface area contributed by atoms with Crippen LogP contribution in [0, 0.1) is 6.92 Å². The first-order valence-electron chi connectivity index (χ1n) is 5.53. The van der Waals surface area contributed by atoms with Gasteiger partial charge in [0.2, 0.25) is 0 Å². The molecule has 0 amide bonds. The summed E-state index contributed by atoms with van der Waals surface area (Å²) in [4.78, 5) is 0.196. The number of benzene rings is 2. The zero-order valence-electron chi connectivity index (χ0n) is 10.3. The number of nitrogens with one attached hydrogen (secondary N) is 1. The Morgan fingerprint density at radius 3 is 2.25 bits per heavy atom. The summed E-state index contributed by atoms with van der Waals surface area (Å²) >= 11 is 9.95. The lowest BCUT2D eigenvalue weighted by Crippen LogP contribution is -2.13. The quantitative estimate of drug-likeness (QED) is 0.661. The van der Waals surface area contributed by atoms with Gasteiger partial charge < -0.3 is 0 Å². The summed E-state index contributed by atoms with van der Waals surface area (Å²) in [7, 11) is -3.62. The zero-order chi connectivity index (χ0) is 14.9. The van der Waals surface area contributed by atoms with Crippen LogP contribution in [-0.4, -0.2) is 8.42 Å². The highest BCUT2D eigenvalue weighted by Crippen LogP contribution is 2.28. The Bertz CT molecular complexity index is 760. The fraction of sp³-hybridized carbons (Fsp3) is 0.0769. The zero-order valence-corrected chi connectivity index (χ0v) is 15.9. The van der Waals surface area contributed by atoms with Crippen LogP contribution in [0.5, 0.6) is 0 Å². The van der Waals surface area contributed by atoms with Crippen LogP contribution in [-0.2, 0) is 10.0 Å². The average molecular weight is 484 g/mol. The lowest BCUT2D eigenvalue weighted by Gasteiger charge is -2.11. The van der Waals surface area contributed by atoms with Crippen molar-refractivity contribution in [3.8, 4) is 0 Å². The normalized spacial score (nSPS) is 11.4. The lowest BCUT2D eigenvalue weighted by atomic mass is 10.2. The maximum atomic E-state index is 12.4. The first-order valence-corrected chi connectivity index (χ1v) is 9.40. The number of hydrogen-bond acceptors (Lipinski definition) is 2. The van der Waals surface area contributed by atoms with Gasteiger partial charge in [0.05, 0.1) is 0 Å². The Labute approximate surface area is 143 Å². The third-order valence-electron chi connectivity index (χ3n) is 2.59. The van der Waals surface area contributed by atoms with Crippen LogP contribution < -0.4 is 4.72 Å². The largest absolute Gasteiger partial charge is 0.280 e. The van der Waals surface area contributed by atoms with E-state index >= 15 is 0 Å². The van der Waals surface area contributed by atoms with E-state index in [0.717, 1.165) is 14.5 Å². The van der Waals surface area contributed by atoms with Gasteiger partial charge in [0.1, 0.15) is 4.90 Å². The van der Waals surface area contributed by atoms with Gasteiger partial charge in [0.25, 0.3) is 10.0 Å². The van der Waals surface area contributed by atoms with Crippen molar-refractivity contribution in [1.29, 1.82) is 0 Å². The minimum Gasteiger partial charge on any atom is -0.280 e. The van der Waals surface area contributed by atoms with E-state index in [4.69, 9.17) is 0 Å². The van der Waals surface area contributed by atoms with Gasteiger partial charge >= 0.3 is 0 Å². The third kappa shape index (κ3) is 3.63. The molecule has 0 heterocycles. The molecule has 106 valence electrons. The molecule has 0 aliphatic rings. The maximum absolute atomic E-state index is 12.4. The third-order valence-corrected chi connectivity index (χ3v) is 6.33. The van der Waals surface area contributed by atoms with Crippen LogP contribution in [0.4, 0.5) is 5.69 Å². The van der Waals surface area contributed by atoms with Crippen molar-refractivity contribution in [2.24, 2.45) is 0 Å². The molecule has 0 aliphatic carbocycles. The molecule has 3 nitrogen and oxygen atoms in total. The molecule has 2 rings (SSSR count). The number of aryl methyl sites for hydroxylation is 1. The van der Waals surface area contributed by atoms with Gasteiger partial charge in [-0.2, -0.15) is 0 Å². The molecule has 0 aromatic heterocycles. The van der Waals surface area contributed by atoms with Gasteiger partial charge in [-0.25, -0.2) is 8.42 Å². The van der Waals surface area contributed by atoms with Gasteiger partial charge in [-0.1, -0.05) is 31.9 Å². The van der Waals surface area contributed by atoms with E-state index in [9.17, 15) is 8.42 Å². The van der Waals surface area contributed by atoms with Crippen LogP contribution in [0.25, 0.3) is 0 Å². The van der Waals surface area contributed by atoms with Crippen molar-refractivity contribution in [3.05, 3.63) is 55.4 Å². The second-order valence-corrected chi connectivity index (χ2v) is 8.42. The molecule has 1 N–H and O–H groups in total. The van der Waals surface area contributed by atoms with Crippen LogP contribution >= 0.6 is 47.8 Å². The monoisotopic (exact) mass is 481 g/mol. The van der Waals surface area contributed by atoms with Crippen molar-refractivity contribution in [3.63, 3.8) is 0 Å². The molecular weight excluding hydrogens is 474 g/mol. The Hall–Kier alpha value is -0.370.